The van der Waals surface area contributed by atoms with Crippen LogP contribution in [0.2, 0.25) is 0 Å². The normalized spacial score (nSPS) is 20.0. The van der Waals surface area contributed by atoms with Crippen molar-refractivity contribution in [2.75, 3.05) is 11.9 Å². The maximum Gasteiger partial charge on any atom is 0.310 e. The van der Waals surface area contributed by atoms with Crippen LogP contribution in [0.3, 0.4) is 0 Å². The number of esters is 1. The Labute approximate surface area is 148 Å². The number of piperidine rings is 1. The minimum absolute atomic E-state index is 0.0960. The van der Waals surface area contributed by atoms with Gasteiger partial charge in [-0.05, 0) is 50.8 Å². The second kappa shape index (κ2) is 8.65. The second-order valence-electron chi connectivity index (χ2n) is 6.65. The third kappa shape index (κ3) is 5.59. The fourth-order valence-corrected chi connectivity index (χ4v) is 3.26. The van der Waals surface area contributed by atoms with Gasteiger partial charge < -0.3 is 15.0 Å². The minimum atomic E-state index is -0.432. The van der Waals surface area contributed by atoms with E-state index >= 15 is 0 Å². The number of carbonyl (C=O) groups excluding carboxylic acids is 3. The molecule has 1 fully saturated rings. The highest BCUT2D eigenvalue weighted by atomic mass is 16.5. The summed E-state index contributed by atoms with van der Waals surface area (Å²) in [5.74, 6) is -0.709. The molecule has 25 heavy (non-hydrogen) atoms. The van der Waals surface area contributed by atoms with Crippen molar-refractivity contribution < 1.29 is 19.1 Å². The molecule has 2 atom stereocenters. The van der Waals surface area contributed by atoms with Crippen molar-refractivity contribution in [1.29, 1.82) is 0 Å². The average Bonchev–Trinajstić information content (AvgIpc) is 2.54. The van der Waals surface area contributed by atoms with E-state index in [1.54, 1.807) is 24.3 Å². The SMILES string of the molecule is CC(=O)Nc1ccc(CC(=O)OCC(=O)N2[C@@H](C)CCC[C@@H]2C)cc1. The standard InChI is InChI=1S/C19H26N2O4/c1-13-5-4-6-14(2)21(13)18(23)12-25-19(24)11-16-7-9-17(10-8-16)20-15(3)22/h7-10,13-14H,4-6,11-12H2,1-3H3,(H,20,22)/t13-,14-/m0/s1. The summed E-state index contributed by atoms with van der Waals surface area (Å²) in [7, 11) is 0. The lowest BCUT2D eigenvalue weighted by atomic mass is 9.97. The van der Waals surface area contributed by atoms with E-state index in [2.05, 4.69) is 5.32 Å². The van der Waals surface area contributed by atoms with Gasteiger partial charge >= 0.3 is 5.97 Å². The van der Waals surface area contributed by atoms with E-state index in [9.17, 15) is 14.4 Å². The summed E-state index contributed by atoms with van der Waals surface area (Å²) in [4.78, 5) is 37.1. The van der Waals surface area contributed by atoms with E-state index in [4.69, 9.17) is 4.74 Å². The van der Waals surface area contributed by atoms with Crippen LogP contribution in [0.15, 0.2) is 24.3 Å². The smallest absolute Gasteiger partial charge is 0.310 e. The molecular formula is C19H26N2O4. The van der Waals surface area contributed by atoms with Crippen LogP contribution in [0, 0.1) is 0 Å². The number of rotatable bonds is 5. The van der Waals surface area contributed by atoms with Crippen LogP contribution in [0.25, 0.3) is 0 Å². The molecule has 0 aliphatic carbocycles. The number of likely N-dealkylation sites (tertiary alicyclic amines) is 1. The molecule has 6 heteroatoms. The van der Waals surface area contributed by atoms with Gasteiger partial charge in [0.1, 0.15) is 0 Å². The van der Waals surface area contributed by atoms with Gasteiger partial charge in [0.05, 0.1) is 6.42 Å². The molecule has 1 heterocycles. The molecule has 1 aliphatic heterocycles. The fraction of sp³-hybridized carbons (Fsp3) is 0.526. The number of hydrogen-bond acceptors (Lipinski definition) is 4. The zero-order valence-electron chi connectivity index (χ0n) is 15.1. The first-order chi connectivity index (χ1) is 11.9. The third-order valence-electron chi connectivity index (χ3n) is 4.46. The van der Waals surface area contributed by atoms with Crippen molar-refractivity contribution in [2.45, 2.75) is 58.5 Å². The molecule has 0 spiro atoms. The van der Waals surface area contributed by atoms with Crippen LogP contribution in [0.1, 0.15) is 45.6 Å². The predicted octanol–water partition coefficient (Wildman–Crippen LogP) is 2.52. The Morgan fingerprint density at radius 2 is 1.72 bits per heavy atom. The van der Waals surface area contributed by atoms with E-state index in [-0.39, 0.29) is 36.9 Å². The Morgan fingerprint density at radius 1 is 1.12 bits per heavy atom. The number of ether oxygens (including phenoxy) is 1. The fourth-order valence-electron chi connectivity index (χ4n) is 3.26. The van der Waals surface area contributed by atoms with Crippen molar-refractivity contribution >= 4 is 23.5 Å². The van der Waals surface area contributed by atoms with E-state index in [1.165, 1.54) is 6.92 Å². The molecule has 1 saturated heterocycles. The Balaban J connectivity index is 1.82. The Kier molecular flexibility index (Phi) is 6.56. The monoisotopic (exact) mass is 346 g/mol. The van der Waals surface area contributed by atoms with Crippen LogP contribution in [0.4, 0.5) is 5.69 Å². The highest BCUT2D eigenvalue weighted by molar-refractivity contribution is 5.88. The highest BCUT2D eigenvalue weighted by Crippen LogP contribution is 2.22. The lowest BCUT2D eigenvalue weighted by Gasteiger charge is -2.38. The average molecular weight is 346 g/mol. The zero-order valence-corrected chi connectivity index (χ0v) is 15.1. The van der Waals surface area contributed by atoms with Gasteiger partial charge in [-0.15, -0.1) is 0 Å². The van der Waals surface area contributed by atoms with Crippen LogP contribution in [-0.4, -0.2) is 41.4 Å². The number of amides is 2. The third-order valence-corrected chi connectivity index (χ3v) is 4.46. The van der Waals surface area contributed by atoms with E-state index in [0.29, 0.717) is 5.69 Å². The molecule has 0 radical (unpaired) electrons. The van der Waals surface area contributed by atoms with Crippen LogP contribution >= 0.6 is 0 Å². The van der Waals surface area contributed by atoms with Gasteiger partial charge in [-0.2, -0.15) is 0 Å². The lowest BCUT2D eigenvalue weighted by Crippen LogP contribution is -2.49. The summed E-state index contributed by atoms with van der Waals surface area (Å²) in [6, 6.07) is 7.35. The molecule has 6 nitrogen and oxygen atoms in total. The van der Waals surface area contributed by atoms with Crippen LogP contribution < -0.4 is 5.32 Å². The summed E-state index contributed by atoms with van der Waals surface area (Å²) in [6.45, 7) is 5.29. The lowest BCUT2D eigenvalue weighted by molar-refractivity contribution is -0.154. The highest BCUT2D eigenvalue weighted by Gasteiger charge is 2.29. The molecule has 2 rings (SSSR count). The van der Waals surface area contributed by atoms with Gasteiger partial charge in [-0.3, -0.25) is 14.4 Å². The zero-order chi connectivity index (χ0) is 18.4. The number of hydrogen-bond donors (Lipinski definition) is 1. The number of nitrogens with zero attached hydrogens (tertiary/aromatic N) is 1. The molecule has 0 aromatic heterocycles. The number of anilines is 1. The van der Waals surface area contributed by atoms with Gasteiger partial charge in [0.25, 0.3) is 5.91 Å². The molecule has 0 saturated carbocycles. The van der Waals surface area contributed by atoms with E-state index in [1.807, 2.05) is 18.7 Å². The number of carbonyl (C=O) groups is 3. The first kappa shape index (κ1) is 19.0. The largest absolute Gasteiger partial charge is 0.455 e. The Morgan fingerprint density at radius 3 is 2.28 bits per heavy atom. The molecule has 0 unspecified atom stereocenters. The molecule has 1 aromatic carbocycles. The summed E-state index contributed by atoms with van der Waals surface area (Å²) < 4.78 is 5.15. The quantitative estimate of drug-likeness (QED) is 0.831. The second-order valence-corrected chi connectivity index (χ2v) is 6.65. The minimum Gasteiger partial charge on any atom is -0.455 e. The molecule has 0 bridgehead atoms. The predicted molar refractivity (Wildman–Crippen MR) is 95.0 cm³/mol. The number of nitrogens with one attached hydrogen (secondary N) is 1. The maximum absolute atomic E-state index is 12.3. The molecule has 1 aliphatic rings. The van der Waals surface area contributed by atoms with Crippen molar-refractivity contribution in [3.63, 3.8) is 0 Å². The van der Waals surface area contributed by atoms with Crippen molar-refractivity contribution in [3.8, 4) is 0 Å². The van der Waals surface area contributed by atoms with Gasteiger partial charge in [-0.1, -0.05) is 12.1 Å². The van der Waals surface area contributed by atoms with Crippen LogP contribution in [0.5, 0.6) is 0 Å². The summed E-state index contributed by atoms with van der Waals surface area (Å²) >= 11 is 0. The molecule has 1 N–H and O–H groups in total. The van der Waals surface area contributed by atoms with E-state index < -0.39 is 5.97 Å². The Hall–Kier alpha value is -2.37. The summed E-state index contributed by atoms with van der Waals surface area (Å²) in [5, 5.41) is 2.66. The molecular weight excluding hydrogens is 320 g/mol. The van der Waals surface area contributed by atoms with Crippen molar-refractivity contribution in [3.05, 3.63) is 29.8 Å². The first-order valence-corrected chi connectivity index (χ1v) is 8.70. The summed E-state index contributed by atoms with van der Waals surface area (Å²) in [5.41, 5.74) is 1.44. The maximum atomic E-state index is 12.3. The summed E-state index contributed by atoms with van der Waals surface area (Å²) in [6.07, 6.45) is 3.20. The number of benzene rings is 1. The van der Waals surface area contributed by atoms with E-state index in [0.717, 1.165) is 24.8 Å². The molecule has 1 aromatic rings. The van der Waals surface area contributed by atoms with Crippen LogP contribution in [-0.2, 0) is 25.5 Å². The van der Waals surface area contributed by atoms with Gasteiger partial charge in [0, 0.05) is 24.7 Å². The van der Waals surface area contributed by atoms with Gasteiger partial charge in [-0.25, -0.2) is 0 Å². The topological polar surface area (TPSA) is 75.7 Å². The van der Waals surface area contributed by atoms with Gasteiger partial charge in [0.2, 0.25) is 5.91 Å². The van der Waals surface area contributed by atoms with Crippen molar-refractivity contribution in [2.24, 2.45) is 0 Å². The molecule has 136 valence electrons. The van der Waals surface area contributed by atoms with Crippen molar-refractivity contribution in [1.82, 2.24) is 4.90 Å². The molecule has 2 amide bonds. The first-order valence-electron chi connectivity index (χ1n) is 8.70. The van der Waals surface area contributed by atoms with Gasteiger partial charge in [0.15, 0.2) is 6.61 Å². The Bertz CT molecular complexity index is 617.